The van der Waals surface area contributed by atoms with Crippen molar-refractivity contribution < 1.29 is 4.79 Å². The molecule has 0 saturated heterocycles. The van der Waals surface area contributed by atoms with Gasteiger partial charge in [-0.2, -0.15) is 0 Å². The van der Waals surface area contributed by atoms with E-state index in [9.17, 15) is 4.79 Å². The van der Waals surface area contributed by atoms with Gasteiger partial charge in [0.15, 0.2) is 0 Å². The smallest absolute Gasteiger partial charge is 0.234 e. The highest BCUT2D eigenvalue weighted by atomic mass is 127. The number of nitrogens with one attached hydrogen (secondary N) is 1. The number of para-hydroxylation sites is 1. The monoisotopic (exact) mass is 403 g/mol. The van der Waals surface area contributed by atoms with Gasteiger partial charge in [-0.3, -0.25) is 4.79 Å². The number of benzene rings is 2. The van der Waals surface area contributed by atoms with Crippen molar-refractivity contribution in [1.82, 2.24) is 0 Å². The minimum absolute atomic E-state index is 0.0101. The fourth-order valence-corrected chi connectivity index (χ4v) is 2.78. The standard InChI is InChI=1S/C14H11ClINOS/c15-10-5-7-11(8-6-10)19-9-14(18)17-13-4-2-1-3-12(13)16/h1-8H,9H2,(H,17,18). The van der Waals surface area contributed by atoms with Gasteiger partial charge in [0.2, 0.25) is 5.91 Å². The minimum Gasteiger partial charge on any atom is -0.324 e. The summed E-state index contributed by atoms with van der Waals surface area (Å²) >= 11 is 9.50. The van der Waals surface area contributed by atoms with Crippen LogP contribution >= 0.6 is 46.0 Å². The molecule has 0 aromatic heterocycles. The molecule has 2 nitrogen and oxygen atoms in total. The molecule has 0 unspecified atom stereocenters. The number of carbonyl (C=O) groups is 1. The number of rotatable bonds is 4. The third-order valence-electron chi connectivity index (χ3n) is 2.33. The Morgan fingerprint density at radius 1 is 1.16 bits per heavy atom. The summed E-state index contributed by atoms with van der Waals surface area (Å²) in [7, 11) is 0. The number of thioether (sulfide) groups is 1. The summed E-state index contributed by atoms with van der Waals surface area (Å²) in [5.41, 5.74) is 0.852. The van der Waals surface area contributed by atoms with Gasteiger partial charge in [0.1, 0.15) is 0 Å². The highest BCUT2D eigenvalue weighted by Crippen LogP contribution is 2.21. The van der Waals surface area contributed by atoms with Gasteiger partial charge in [0.05, 0.1) is 11.4 Å². The van der Waals surface area contributed by atoms with Gasteiger partial charge in [-0.05, 0) is 59.0 Å². The first-order chi connectivity index (χ1) is 9.15. The van der Waals surface area contributed by atoms with Gasteiger partial charge in [0.25, 0.3) is 0 Å². The lowest BCUT2D eigenvalue weighted by Gasteiger charge is -2.07. The fraction of sp³-hybridized carbons (Fsp3) is 0.0714. The van der Waals surface area contributed by atoms with E-state index in [2.05, 4.69) is 27.9 Å². The van der Waals surface area contributed by atoms with Crippen molar-refractivity contribution in [3.63, 3.8) is 0 Å². The van der Waals surface area contributed by atoms with Gasteiger partial charge >= 0.3 is 0 Å². The predicted molar refractivity (Wildman–Crippen MR) is 90.0 cm³/mol. The molecular formula is C14H11ClINOS. The topological polar surface area (TPSA) is 29.1 Å². The Labute approximate surface area is 135 Å². The van der Waals surface area contributed by atoms with Crippen molar-refractivity contribution >= 4 is 57.5 Å². The number of hydrogen-bond donors (Lipinski definition) is 1. The van der Waals surface area contributed by atoms with Gasteiger partial charge in [-0.25, -0.2) is 0 Å². The molecule has 0 radical (unpaired) electrons. The summed E-state index contributed by atoms with van der Waals surface area (Å²) in [4.78, 5) is 12.9. The normalized spacial score (nSPS) is 10.2. The van der Waals surface area contributed by atoms with Crippen LogP contribution in [0.25, 0.3) is 0 Å². The molecule has 0 bridgehead atoms. The van der Waals surface area contributed by atoms with Crippen LogP contribution in [0.1, 0.15) is 0 Å². The van der Waals surface area contributed by atoms with Crippen LogP contribution in [0.15, 0.2) is 53.4 Å². The lowest BCUT2D eigenvalue weighted by molar-refractivity contribution is -0.113. The second-order valence-electron chi connectivity index (χ2n) is 3.77. The Morgan fingerprint density at radius 3 is 2.53 bits per heavy atom. The average Bonchev–Trinajstić information content (AvgIpc) is 2.41. The van der Waals surface area contributed by atoms with Crippen LogP contribution in [0.5, 0.6) is 0 Å². The summed E-state index contributed by atoms with van der Waals surface area (Å²) in [6.07, 6.45) is 0. The molecule has 0 aliphatic rings. The van der Waals surface area contributed by atoms with Crippen LogP contribution < -0.4 is 5.32 Å². The quantitative estimate of drug-likeness (QED) is 0.593. The largest absolute Gasteiger partial charge is 0.324 e. The fourth-order valence-electron chi connectivity index (χ4n) is 1.43. The van der Waals surface area contributed by atoms with Gasteiger partial charge in [0, 0.05) is 13.5 Å². The third kappa shape index (κ3) is 4.71. The van der Waals surface area contributed by atoms with Crippen molar-refractivity contribution in [2.24, 2.45) is 0 Å². The molecule has 1 amide bonds. The highest BCUT2D eigenvalue weighted by molar-refractivity contribution is 14.1. The maximum Gasteiger partial charge on any atom is 0.234 e. The van der Waals surface area contributed by atoms with E-state index in [-0.39, 0.29) is 5.91 Å². The van der Waals surface area contributed by atoms with E-state index in [1.165, 1.54) is 11.8 Å². The van der Waals surface area contributed by atoms with E-state index >= 15 is 0 Å². The second-order valence-corrected chi connectivity index (χ2v) is 6.42. The second kappa shape index (κ2) is 7.17. The lowest BCUT2D eigenvalue weighted by Crippen LogP contribution is -2.14. The molecule has 19 heavy (non-hydrogen) atoms. The molecule has 5 heteroatoms. The zero-order chi connectivity index (χ0) is 13.7. The summed E-state index contributed by atoms with van der Waals surface area (Å²) in [5, 5.41) is 3.60. The van der Waals surface area contributed by atoms with E-state index in [1.54, 1.807) is 0 Å². The van der Waals surface area contributed by atoms with Crippen LogP contribution in [-0.2, 0) is 4.79 Å². The zero-order valence-electron chi connectivity index (χ0n) is 9.90. The van der Waals surface area contributed by atoms with Crippen molar-refractivity contribution in [2.75, 3.05) is 11.1 Å². The van der Waals surface area contributed by atoms with E-state index in [4.69, 9.17) is 11.6 Å². The van der Waals surface area contributed by atoms with Crippen LogP contribution in [-0.4, -0.2) is 11.7 Å². The highest BCUT2D eigenvalue weighted by Gasteiger charge is 2.05. The molecule has 0 atom stereocenters. The minimum atomic E-state index is -0.0101. The van der Waals surface area contributed by atoms with Crippen molar-refractivity contribution in [2.45, 2.75) is 4.90 Å². The molecule has 98 valence electrons. The Balaban J connectivity index is 1.88. The molecule has 1 N–H and O–H groups in total. The zero-order valence-corrected chi connectivity index (χ0v) is 13.6. The van der Waals surface area contributed by atoms with Gasteiger partial charge < -0.3 is 5.32 Å². The molecule has 0 fully saturated rings. The van der Waals surface area contributed by atoms with Gasteiger partial charge in [-0.1, -0.05) is 23.7 Å². The first-order valence-corrected chi connectivity index (χ1v) is 8.02. The molecule has 2 aromatic rings. The van der Waals surface area contributed by atoms with Crippen LogP contribution in [0.3, 0.4) is 0 Å². The third-order valence-corrected chi connectivity index (χ3v) is 4.54. The predicted octanol–water partition coefficient (Wildman–Crippen LogP) is 4.68. The molecule has 0 aliphatic carbocycles. The Kier molecular flexibility index (Phi) is 5.54. The summed E-state index contributed by atoms with van der Waals surface area (Å²) in [5.74, 6) is 0.371. The Morgan fingerprint density at radius 2 is 1.84 bits per heavy atom. The van der Waals surface area contributed by atoms with Crippen LogP contribution in [0.4, 0.5) is 5.69 Å². The molecule has 2 rings (SSSR count). The first-order valence-electron chi connectivity index (χ1n) is 5.58. The number of anilines is 1. The molecule has 2 aromatic carbocycles. The maximum atomic E-state index is 11.8. The molecule has 0 heterocycles. The molecule has 0 aliphatic heterocycles. The molecule has 0 saturated carbocycles. The SMILES string of the molecule is O=C(CSc1ccc(Cl)cc1)Nc1ccccc1I. The van der Waals surface area contributed by atoms with Crippen molar-refractivity contribution in [3.8, 4) is 0 Å². The summed E-state index contributed by atoms with van der Waals surface area (Å²) in [6.45, 7) is 0. The van der Waals surface area contributed by atoms with Crippen LogP contribution in [0, 0.1) is 3.57 Å². The molecule has 0 spiro atoms. The average molecular weight is 404 g/mol. The first kappa shape index (κ1) is 14.7. The van der Waals surface area contributed by atoms with Crippen molar-refractivity contribution in [1.29, 1.82) is 0 Å². The summed E-state index contributed by atoms with van der Waals surface area (Å²) in [6, 6.07) is 15.2. The summed E-state index contributed by atoms with van der Waals surface area (Å²) < 4.78 is 1.03. The number of halogens is 2. The van der Waals surface area contributed by atoms with Crippen LogP contribution in [0.2, 0.25) is 5.02 Å². The number of carbonyl (C=O) groups excluding carboxylic acids is 1. The van der Waals surface area contributed by atoms with E-state index < -0.39 is 0 Å². The van der Waals surface area contributed by atoms with E-state index in [0.29, 0.717) is 10.8 Å². The maximum absolute atomic E-state index is 11.8. The van der Waals surface area contributed by atoms with E-state index in [1.807, 2.05) is 48.5 Å². The van der Waals surface area contributed by atoms with Crippen molar-refractivity contribution in [3.05, 3.63) is 57.1 Å². The lowest BCUT2D eigenvalue weighted by atomic mass is 10.3. The Bertz CT molecular complexity index is 574. The molecular weight excluding hydrogens is 393 g/mol. The number of hydrogen-bond acceptors (Lipinski definition) is 2. The number of amides is 1. The van der Waals surface area contributed by atoms with Gasteiger partial charge in [-0.15, -0.1) is 11.8 Å². The van der Waals surface area contributed by atoms with E-state index in [0.717, 1.165) is 14.2 Å². The Hall–Kier alpha value is -0.720.